The molecule has 3 aromatic rings. The average Bonchev–Trinajstić information content (AvgIpc) is 3.17. The molecule has 0 atom stereocenters. The SMILES string of the molecule is COc1ccc2c(c1)cc(C(=O)NCCC(=O)Nc1nc(C)cs1)n2C. The third-order valence-electron chi connectivity index (χ3n) is 3.99. The van der Waals surface area contributed by atoms with Crippen molar-refractivity contribution in [2.75, 3.05) is 19.0 Å². The maximum absolute atomic E-state index is 12.4. The molecule has 0 unspecified atom stereocenters. The van der Waals surface area contributed by atoms with E-state index >= 15 is 0 Å². The lowest BCUT2D eigenvalue weighted by atomic mass is 10.2. The number of anilines is 1. The number of ether oxygens (including phenoxy) is 1. The summed E-state index contributed by atoms with van der Waals surface area (Å²) in [6.07, 6.45) is 0.183. The van der Waals surface area contributed by atoms with Gasteiger partial charge in [-0.3, -0.25) is 9.59 Å². The summed E-state index contributed by atoms with van der Waals surface area (Å²) in [7, 11) is 3.44. The van der Waals surface area contributed by atoms with E-state index in [0.717, 1.165) is 22.3 Å². The van der Waals surface area contributed by atoms with E-state index in [9.17, 15) is 9.59 Å². The van der Waals surface area contributed by atoms with Crippen molar-refractivity contribution in [1.82, 2.24) is 14.9 Å². The molecule has 0 saturated carbocycles. The van der Waals surface area contributed by atoms with Gasteiger partial charge in [-0.25, -0.2) is 4.98 Å². The van der Waals surface area contributed by atoms with Gasteiger partial charge in [0.25, 0.3) is 5.91 Å². The number of hydrogen-bond acceptors (Lipinski definition) is 5. The van der Waals surface area contributed by atoms with Crippen molar-refractivity contribution in [3.63, 3.8) is 0 Å². The van der Waals surface area contributed by atoms with E-state index in [2.05, 4.69) is 15.6 Å². The molecule has 2 amide bonds. The van der Waals surface area contributed by atoms with Crippen LogP contribution >= 0.6 is 11.3 Å². The molecule has 0 fully saturated rings. The number of aromatic nitrogens is 2. The van der Waals surface area contributed by atoms with Crippen molar-refractivity contribution in [3.05, 3.63) is 41.0 Å². The van der Waals surface area contributed by atoms with E-state index in [0.29, 0.717) is 10.8 Å². The first kappa shape index (κ1) is 17.9. The van der Waals surface area contributed by atoms with E-state index in [1.54, 1.807) is 7.11 Å². The monoisotopic (exact) mass is 372 g/mol. The number of rotatable bonds is 6. The highest BCUT2D eigenvalue weighted by molar-refractivity contribution is 7.13. The van der Waals surface area contributed by atoms with Crippen LogP contribution in [-0.2, 0) is 11.8 Å². The minimum Gasteiger partial charge on any atom is -0.497 e. The second-order valence-corrected chi connectivity index (χ2v) is 6.72. The Balaban J connectivity index is 1.58. The number of carbonyl (C=O) groups is 2. The molecule has 1 aromatic carbocycles. The van der Waals surface area contributed by atoms with E-state index in [4.69, 9.17) is 4.74 Å². The highest BCUT2D eigenvalue weighted by atomic mass is 32.1. The van der Waals surface area contributed by atoms with Crippen molar-refractivity contribution >= 4 is 39.2 Å². The number of amides is 2. The standard InChI is InChI=1S/C18H20N4O3S/c1-11-10-26-18(20-11)21-16(23)6-7-19-17(24)15-9-12-8-13(25-3)4-5-14(12)22(15)2/h4-5,8-10H,6-7H2,1-3H3,(H,19,24)(H,20,21,23). The average molecular weight is 372 g/mol. The summed E-state index contributed by atoms with van der Waals surface area (Å²) in [4.78, 5) is 28.5. The van der Waals surface area contributed by atoms with E-state index in [1.165, 1.54) is 11.3 Å². The van der Waals surface area contributed by atoms with Gasteiger partial charge in [0.1, 0.15) is 11.4 Å². The van der Waals surface area contributed by atoms with Gasteiger partial charge >= 0.3 is 0 Å². The second kappa shape index (κ2) is 7.57. The van der Waals surface area contributed by atoms with Crippen LogP contribution in [0.1, 0.15) is 22.6 Å². The molecule has 0 spiro atoms. The number of fused-ring (bicyclic) bond motifs is 1. The fourth-order valence-corrected chi connectivity index (χ4v) is 3.35. The number of nitrogens with one attached hydrogen (secondary N) is 2. The minimum absolute atomic E-state index is 0.179. The van der Waals surface area contributed by atoms with E-state index in [-0.39, 0.29) is 24.8 Å². The van der Waals surface area contributed by atoms with Crippen LogP contribution in [0.15, 0.2) is 29.6 Å². The maximum atomic E-state index is 12.4. The van der Waals surface area contributed by atoms with Crippen LogP contribution in [0.5, 0.6) is 5.75 Å². The molecule has 0 aliphatic heterocycles. The molecular weight excluding hydrogens is 352 g/mol. The Kier molecular flexibility index (Phi) is 5.22. The highest BCUT2D eigenvalue weighted by Gasteiger charge is 2.14. The molecule has 0 aliphatic carbocycles. The number of methoxy groups -OCH3 is 1. The highest BCUT2D eigenvalue weighted by Crippen LogP contribution is 2.23. The van der Waals surface area contributed by atoms with Crippen molar-refractivity contribution in [3.8, 4) is 5.75 Å². The molecule has 2 heterocycles. The smallest absolute Gasteiger partial charge is 0.267 e. The number of nitrogens with zero attached hydrogens (tertiary/aromatic N) is 2. The zero-order valence-electron chi connectivity index (χ0n) is 14.8. The van der Waals surface area contributed by atoms with Crippen LogP contribution in [0.3, 0.4) is 0 Å². The molecule has 26 heavy (non-hydrogen) atoms. The Bertz CT molecular complexity index is 961. The molecule has 2 N–H and O–H groups in total. The Morgan fingerprint density at radius 3 is 2.81 bits per heavy atom. The first-order valence-electron chi connectivity index (χ1n) is 8.11. The van der Waals surface area contributed by atoms with Crippen LogP contribution in [-0.4, -0.2) is 35.0 Å². The second-order valence-electron chi connectivity index (χ2n) is 5.86. The Morgan fingerprint density at radius 2 is 2.12 bits per heavy atom. The van der Waals surface area contributed by atoms with Crippen LogP contribution in [0.25, 0.3) is 10.9 Å². The van der Waals surface area contributed by atoms with Crippen molar-refractivity contribution < 1.29 is 14.3 Å². The fourth-order valence-electron chi connectivity index (χ4n) is 2.65. The number of carbonyl (C=O) groups excluding carboxylic acids is 2. The van der Waals surface area contributed by atoms with Gasteiger partial charge in [-0.2, -0.15) is 0 Å². The summed E-state index contributed by atoms with van der Waals surface area (Å²) in [5.41, 5.74) is 2.34. The summed E-state index contributed by atoms with van der Waals surface area (Å²) < 4.78 is 7.04. The van der Waals surface area contributed by atoms with Crippen LogP contribution in [0.4, 0.5) is 5.13 Å². The predicted molar refractivity (Wildman–Crippen MR) is 102 cm³/mol. The lowest BCUT2D eigenvalue weighted by Crippen LogP contribution is -2.29. The molecule has 136 valence electrons. The summed E-state index contributed by atoms with van der Waals surface area (Å²) in [6.45, 7) is 2.12. The molecular formula is C18H20N4O3S. The van der Waals surface area contributed by atoms with Gasteiger partial charge < -0.3 is 19.9 Å². The summed E-state index contributed by atoms with van der Waals surface area (Å²) in [5.74, 6) is 0.339. The molecule has 0 bridgehead atoms. The first-order chi connectivity index (χ1) is 12.5. The topological polar surface area (TPSA) is 85.2 Å². The van der Waals surface area contributed by atoms with Crippen LogP contribution < -0.4 is 15.4 Å². The van der Waals surface area contributed by atoms with Gasteiger partial charge in [0.15, 0.2) is 5.13 Å². The van der Waals surface area contributed by atoms with E-state index < -0.39 is 0 Å². The largest absolute Gasteiger partial charge is 0.497 e. The minimum atomic E-state index is -0.222. The van der Waals surface area contributed by atoms with Crippen LogP contribution in [0, 0.1) is 6.92 Å². The first-order valence-corrected chi connectivity index (χ1v) is 8.99. The van der Waals surface area contributed by atoms with E-state index in [1.807, 2.05) is 48.2 Å². The van der Waals surface area contributed by atoms with Gasteiger partial charge in [-0.1, -0.05) is 0 Å². The van der Waals surface area contributed by atoms with Gasteiger partial charge in [0.2, 0.25) is 5.91 Å². The lowest BCUT2D eigenvalue weighted by molar-refractivity contribution is -0.116. The predicted octanol–water partition coefficient (Wildman–Crippen LogP) is 2.71. The maximum Gasteiger partial charge on any atom is 0.267 e. The number of hydrogen-bond donors (Lipinski definition) is 2. The van der Waals surface area contributed by atoms with Crippen molar-refractivity contribution in [2.24, 2.45) is 7.05 Å². The fraction of sp³-hybridized carbons (Fsp3) is 0.278. The summed E-state index contributed by atoms with van der Waals surface area (Å²) >= 11 is 1.38. The third kappa shape index (κ3) is 3.85. The zero-order chi connectivity index (χ0) is 18.7. The van der Waals surface area contributed by atoms with Crippen molar-refractivity contribution in [1.29, 1.82) is 0 Å². The molecule has 3 rings (SSSR count). The van der Waals surface area contributed by atoms with Crippen LogP contribution in [0.2, 0.25) is 0 Å². The summed E-state index contributed by atoms with van der Waals surface area (Å²) in [6, 6.07) is 7.46. The quantitative estimate of drug-likeness (QED) is 0.697. The Hall–Kier alpha value is -2.87. The van der Waals surface area contributed by atoms with Gasteiger partial charge in [-0.15, -0.1) is 11.3 Å². The lowest BCUT2D eigenvalue weighted by Gasteiger charge is -2.06. The Morgan fingerprint density at radius 1 is 1.31 bits per heavy atom. The molecule has 0 saturated heterocycles. The zero-order valence-corrected chi connectivity index (χ0v) is 15.6. The Labute approximate surface area is 155 Å². The van der Waals surface area contributed by atoms with Gasteiger partial charge in [0.05, 0.1) is 12.8 Å². The normalized spacial score (nSPS) is 10.7. The molecule has 0 aliphatic rings. The molecule has 8 heteroatoms. The number of aryl methyl sites for hydroxylation is 2. The van der Waals surface area contributed by atoms with Gasteiger partial charge in [0, 0.05) is 36.3 Å². The number of benzene rings is 1. The number of thiazole rings is 1. The molecule has 7 nitrogen and oxygen atoms in total. The molecule has 2 aromatic heterocycles. The third-order valence-corrected chi connectivity index (χ3v) is 4.86. The summed E-state index contributed by atoms with van der Waals surface area (Å²) in [5, 5.41) is 8.87. The molecule has 0 radical (unpaired) electrons. The van der Waals surface area contributed by atoms with Gasteiger partial charge in [-0.05, 0) is 31.2 Å². The van der Waals surface area contributed by atoms with Crippen molar-refractivity contribution in [2.45, 2.75) is 13.3 Å².